The van der Waals surface area contributed by atoms with Gasteiger partial charge in [0, 0.05) is 12.6 Å². The zero-order chi connectivity index (χ0) is 42.4. The predicted octanol–water partition coefficient (Wildman–Crippen LogP) is 1.58. The Bertz CT molecular complexity index is 1870. The molecule has 0 bridgehead atoms. The molecule has 2 aromatic rings. The predicted molar refractivity (Wildman–Crippen MR) is 212 cm³/mol. The van der Waals surface area contributed by atoms with Gasteiger partial charge >= 0.3 is 6.09 Å². The van der Waals surface area contributed by atoms with Crippen LogP contribution in [0.4, 0.5) is 4.79 Å². The van der Waals surface area contributed by atoms with Crippen molar-refractivity contribution in [3.05, 3.63) is 66.2 Å². The molecule has 2 fully saturated rings. The SMILES string of the molecule is CCCC(NC(=O)C1C[C@@H](NS(=O)(=O)c2ccccc2)CN1C(=O)C(NC(=O)OCC(C)C)C1CCCCC1)C(=O)C(=O)NCC(=O)N[C@H](C(N)=O)c1ccccc1. The Morgan fingerprint density at radius 2 is 1.52 bits per heavy atom. The van der Waals surface area contributed by atoms with Gasteiger partial charge in [0.15, 0.2) is 0 Å². The highest BCUT2D eigenvalue weighted by Gasteiger charge is 2.46. The Balaban J connectivity index is 1.53. The topological polar surface area (TPSA) is 252 Å². The Morgan fingerprint density at radius 1 is 0.879 bits per heavy atom. The average molecular weight is 826 g/mol. The number of hydrogen-bond donors (Lipinski definition) is 6. The van der Waals surface area contributed by atoms with E-state index in [1.165, 1.54) is 17.0 Å². The fourth-order valence-corrected chi connectivity index (χ4v) is 8.41. The first-order valence-corrected chi connectivity index (χ1v) is 21.2. The van der Waals surface area contributed by atoms with Gasteiger partial charge in [0.1, 0.15) is 18.1 Å². The van der Waals surface area contributed by atoms with Crippen LogP contribution in [0.15, 0.2) is 65.6 Å². The summed E-state index contributed by atoms with van der Waals surface area (Å²) >= 11 is 0. The van der Waals surface area contributed by atoms with Gasteiger partial charge < -0.3 is 36.6 Å². The van der Waals surface area contributed by atoms with Gasteiger partial charge in [-0.3, -0.25) is 28.8 Å². The van der Waals surface area contributed by atoms with Gasteiger partial charge in [0.05, 0.1) is 24.1 Å². The lowest BCUT2D eigenvalue weighted by Gasteiger charge is -2.34. The van der Waals surface area contributed by atoms with Crippen molar-refractivity contribution in [2.75, 3.05) is 19.7 Å². The Morgan fingerprint density at radius 3 is 2.12 bits per heavy atom. The van der Waals surface area contributed by atoms with Crippen molar-refractivity contribution >= 4 is 51.4 Å². The molecule has 316 valence electrons. The number of amides is 6. The largest absolute Gasteiger partial charge is 0.449 e. The molecule has 6 amide bonds. The maximum atomic E-state index is 14.5. The van der Waals surface area contributed by atoms with Crippen LogP contribution in [0.2, 0.25) is 0 Å². The molecule has 1 aliphatic heterocycles. The molecule has 0 spiro atoms. The first-order valence-electron chi connectivity index (χ1n) is 19.7. The number of benzene rings is 2. The van der Waals surface area contributed by atoms with E-state index in [2.05, 4.69) is 26.0 Å². The van der Waals surface area contributed by atoms with Gasteiger partial charge in [-0.1, -0.05) is 95.0 Å². The quantitative estimate of drug-likeness (QED) is 0.112. The first kappa shape index (κ1) is 45.3. The number of Topliss-reactive ketones (excluding diaryl/α,β-unsaturated/α-hetero) is 1. The monoisotopic (exact) mass is 825 g/mol. The van der Waals surface area contributed by atoms with Crippen LogP contribution in [0.3, 0.4) is 0 Å². The summed E-state index contributed by atoms with van der Waals surface area (Å²) in [6, 6.07) is 9.90. The highest BCUT2D eigenvalue weighted by Crippen LogP contribution is 2.30. The van der Waals surface area contributed by atoms with Gasteiger partial charge in [-0.25, -0.2) is 17.9 Å². The van der Waals surface area contributed by atoms with Gasteiger partial charge in [-0.2, -0.15) is 0 Å². The van der Waals surface area contributed by atoms with Crippen LogP contribution in [0.5, 0.6) is 0 Å². The number of sulfonamides is 1. The molecule has 2 aromatic carbocycles. The average Bonchev–Trinajstić information content (AvgIpc) is 3.63. The lowest BCUT2D eigenvalue weighted by atomic mass is 9.83. The molecule has 4 rings (SSSR count). The molecule has 5 atom stereocenters. The van der Waals surface area contributed by atoms with Gasteiger partial charge in [-0.05, 0) is 55.2 Å². The molecule has 58 heavy (non-hydrogen) atoms. The second-order valence-electron chi connectivity index (χ2n) is 15.1. The molecule has 3 unspecified atom stereocenters. The minimum Gasteiger partial charge on any atom is -0.449 e. The summed E-state index contributed by atoms with van der Waals surface area (Å²) < 4.78 is 34.7. The minimum absolute atomic E-state index is 0.0145. The third kappa shape index (κ3) is 12.8. The van der Waals surface area contributed by atoms with Crippen LogP contribution in [0.1, 0.15) is 83.7 Å². The number of likely N-dealkylation sites (tertiary alicyclic amines) is 1. The van der Waals surface area contributed by atoms with Gasteiger partial charge in [0.2, 0.25) is 39.4 Å². The van der Waals surface area contributed by atoms with Crippen molar-refractivity contribution < 1.29 is 46.7 Å². The number of nitrogens with one attached hydrogen (secondary N) is 5. The van der Waals surface area contributed by atoms with E-state index >= 15 is 0 Å². The number of ether oxygens (including phenoxy) is 1. The summed E-state index contributed by atoms with van der Waals surface area (Å²) in [7, 11) is -4.09. The zero-order valence-corrected chi connectivity index (χ0v) is 33.9. The highest BCUT2D eigenvalue weighted by atomic mass is 32.2. The Labute approximate surface area is 339 Å². The van der Waals surface area contributed by atoms with Crippen LogP contribution in [-0.4, -0.2) is 98.6 Å². The van der Waals surface area contributed by atoms with Crippen LogP contribution in [-0.2, 0) is 43.5 Å². The van der Waals surface area contributed by atoms with Crippen LogP contribution >= 0.6 is 0 Å². The van der Waals surface area contributed by atoms with Gasteiger partial charge in [0.25, 0.3) is 5.91 Å². The van der Waals surface area contributed by atoms with Crippen molar-refractivity contribution in [2.45, 2.75) is 107 Å². The summed E-state index contributed by atoms with van der Waals surface area (Å²) in [6.07, 6.45) is 3.25. The fourth-order valence-electron chi connectivity index (χ4n) is 7.15. The van der Waals surface area contributed by atoms with Crippen molar-refractivity contribution in [3.63, 3.8) is 0 Å². The Kier molecular flexibility index (Phi) is 16.7. The third-order valence-corrected chi connectivity index (χ3v) is 11.6. The molecular formula is C40H55N7O10S. The molecule has 0 radical (unpaired) electrons. The second kappa shape index (κ2) is 21.4. The lowest BCUT2D eigenvalue weighted by Crippen LogP contribution is -2.58. The number of carbonyl (C=O) groups excluding carboxylic acids is 7. The standard InChI is InChI=1S/C40H55N7O10S/c1-4-14-30(35(49)38(52)42-22-32(48)44-33(36(41)50)26-15-8-5-9-16-26)43-37(51)31-21-28(46-58(55,56)29-19-12-7-13-20-29)23-47(31)39(53)34(27-17-10-6-11-18-27)45-40(54)57-24-25(2)3/h5,7-9,12-13,15-16,19-20,25,27-28,30-31,33-34,46H,4,6,10-11,14,17-18,21-24H2,1-3H3,(H2,41,50)(H,42,52)(H,43,51)(H,44,48)(H,45,54)/t28-,30?,31?,33+,34?/m1/s1. The summed E-state index contributed by atoms with van der Waals surface area (Å²) in [5.74, 6) is -5.56. The number of hydrogen-bond acceptors (Lipinski definition) is 10. The molecule has 7 N–H and O–H groups in total. The number of ketones is 1. The zero-order valence-electron chi connectivity index (χ0n) is 33.1. The van der Waals surface area contributed by atoms with Crippen LogP contribution in [0.25, 0.3) is 0 Å². The highest BCUT2D eigenvalue weighted by molar-refractivity contribution is 7.89. The maximum Gasteiger partial charge on any atom is 0.407 e. The molecule has 17 nitrogen and oxygen atoms in total. The Hall–Kier alpha value is -5.36. The summed E-state index contributed by atoms with van der Waals surface area (Å²) in [5.41, 5.74) is 5.88. The number of primary amides is 1. The summed E-state index contributed by atoms with van der Waals surface area (Å²) in [4.78, 5) is 94.1. The number of nitrogens with zero attached hydrogens (tertiary/aromatic N) is 1. The van der Waals surface area contributed by atoms with E-state index in [1.807, 2.05) is 13.8 Å². The second-order valence-corrected chi connectivity index (χ2v) is 16.8. The molecule has 1 heterocycles. The van der Waals surface area contributed by atoms with E-state index in [0.29, 0.717) is 24.8 Å². The molecule has 1 saturated heterocycles. The number of nitrogens with two attached hydrogens (primary N) is 1. The summed E-state index contributed by atoms with van der Waals surface area (Å²) in [6.45, 7) is 4.66. The lowest BCUT2D eigenvalue weighted by molar-refractivity contribution is -0.143. The third-order valence-electron chi connectivity index (χ3n) is 10.0. The molecular weight excluding hydrogens is 771 g/mol. The molecule has 2 aliphatic rings. The van der Waals surface area contributed by atoms with E-state index in [9.17, 15) is 42.0 Å². The summed E-state index contributed by atoms with van der Waals surface area (Å²) in [5, 5.41) is 9.97. The van der Waals surface area contributed by atoms with E-state index in [0.717, 1.165) is 19.3 Å². The smallest absolute Gasteiger partial charge is 0.407 e. The van der Waals surface area contributed by atoms with Crippen molar-refractivity contribution in [1.29, 1.82) is 0 Å². The first-order chi connectivity index (χ1) is 27.6. The van der Waals surface area contributed by atoms with E-state index in [-0.39, 0.29) is 42.7 Å². The van der Waals surface area contributed by atoms with E-state index in [4.69, 9.17) is 10.5 Å². The van der Waals surface area contributed by atoms with Crippen LogP contribution in [0, 0.1) is 11.8 Å². The molecule has 18 heteroatoms. The van der Waals surface area contributed by atoms with Crippen molar-refractivity contribution in [3.8, 4) is 0 Å². The van der Waals surface area contributed by atoms with Crippen molar-refractivity contribution in [1.82, 2.24) is 30.9 Å². The van der Waals surface area contributed by atoms with Gasteiger partial charge in [-0.15, -0.1) is 0 Å². The number of rotatable bonds is 19. The van der Waals surface area contributed by atoms with Crippen molar-refractivity contribution in [2.24, 2.45) is 17.6 Å². The number of alkyl carbamates (subject to hydrolysis) is 1. The fraction of sp³-hybridized carbons (Fsp3) is 0.525. The van der Waals surface area contributed by atoms with E-state index < -0.39 is 88.2 Å². The van der Waals surface area contributed by atoms with E-state index in [1.54, 1.807) is 55.5 Å². The van der Waals surface area contributed by atoms with Crippen LogP contribution < -0.4 is 31.7 Å². The maximum absolute atomic E-state index is 14.5. The number of carbonyl (C=O) groups is 7. The molecule has 0 aromatic heterocycles. The molecule has 1 aliphatic carbocycles. The minimum atomic E-state index is -4.09. The normalized spacial score (nSPS) is 18.7. The molecule has 1 saturated carbocycles.